The predicted octanol–water partition coefficient (Wildman–Crippen LogP) is 1.44. The van der Waals surface area contributed by atoms with E-state index in [1.165, 1.54) is 4.31 Å². The maximum atomic E-state index is 12.7. The number of hydrogen-bond acceptors (Lipinski definition) is 4. The van der Waals surface area contributed by atoms with E-state index in [9.17, 15) is 8.42 Å². The molecule has 0 aliphatic carbocycles. The normalized spacial score (nSPS) is 14.1. The van der Waals surface area contributed by atoms with Gasteiger partial charge < -0.3 is 14.6 Å². The van der Waals surface area contributed by atoms with Crippen molar-refractivity contribution in [3.05, 3.63) is 18.0 Å². The van der Waals surface area contributed by atoms with E-state index < -0.39 is 10.0 Å². The molecule has 1 N–H and O–H groups in total. The third kappa shape index (κ3) is 4.06. The molecule has 1 atom stereocenters. The Kier molecular flexibility index (Phi) is 6.40. The van der Waals surface area contributed by atoms with Crippen LogP contribution < -0.4 is 5.32 Å². The summed E-state index contributed by atoms with van der Waals surface area (Å²) in [5.74, 6) is 0. The molecule has 7 heteroatoms. The van der Waals surface area contributed by atoms with Gasteiger partial charge in [-0.2, -0.15) is 4.31 Å². The fourth-order valence-electron chi connectivity index (χ4n) is 2.19. The van der Waals surface area contributed by atoms with E-state index in [2.05, 4.69) is 5.32 Å². The highest BCUT2D eigenvalue weighted by atomic mass is 32.2. The van der Waals surface area contributed by atoms with Crippen molar-refractivity contribution in [2.24, 2.45) is 0 Å². The van der Waals surface area contributed by atoms with Crippen molar-refractivity contribution in [1.82, 2.24) is 14.2 Å². The van der Waals surface area contributed by atoms with Crippen LogP contribution in [0, 0.1) is 0 Å². The largest absolute Gasteiger partial charge is 0.383 e. The lowest BCUT2D eigenvalue weighted by Gasteiger charge is -2.23. The van der Waals surface area contributed by atoms with Crippen molar-refractivity contribution < 1.29 is 13.2 Å². The van der Waals surface area contributed by atoms with Crippen molar-refractivity contribution >= 4 is 10.0 Å². The van der Waals surface area contributed by atoms with E-state index in [1.807, 2.05) is 32.4 Å². The molecule has 122 valence electrons. The van der Waals surface area contributed by atoms with E-state index in [0.29, 0.717) is 18.0 Å². The van der Waals surface area contributed by atoms with E-state index in [4.69, 9.17) is 4.74 Å². The Morgan fingerprint density at radius 2 is 2.00 bits per heavy atom. The van der Waals surface area contributed by atoms with Gasteiger partial charge >= 0.3 is 0 Å². The first kappa shape index (κ1) is 18.2. The molecule has 1 rings (SSSR count). The lowest BCUT2D eigenvalue weighted by molar-refractivity contribution is 0.149. The zero-order valence-corrected chi connectivity index (χ0v) is 14.6. The number of methoxy groups -OCH3 is 1. The predicted molar refractivity (Wildman–Crippen MR) is 83.9 cm³/mol. The monoisotopic (exact) mass is 317 g/mol. The number of ether oxygens (including phenoxy) is 1. The molecule has 1 heterocycles. The number of hydrogen-bond donors (Lipinski definition) is 1. The minimum atomic E-state index is -3.51. The molecule has 0 radical (unpaired) electrons. The van der Waals surface area contributed by atoms with Gasteiger partial charge in [0.05, 0.1) is 6.61 Å². The van der Waals surface area contributed by atoms with Crippen LogP contribution in [0.15, 0.2) is 17.2 Å². The van der Waals surface area contributed by atoms with Crippen LogP contribution >= 0.6 is 0 Å². The van der Waals surface area contributed by atoms with Gasteiger partial charge in [0.2, 0.25) is 10.0 Å². The molecule has 0 aromatic carbocycles. The maximum Gasteiger partial charge on any atom is 0.244 e. The van der Waals surface area contributed by atoms with Crippen LogP contribution in [0.5, 0.6) is 0 Å². The second kappa shape index (κ2) is 7.40. The molecule has 0 aliphatic heterocycles. The van der Waals surface area contributed by atoms with Crippen LogP contribution in [-0.4, -0.2) is 51.1 Å². The standard InChI is InChI=1S/C14H27N3O3S/c1-11(2)17-9-14(7-13(17)8-15-4)21(18,19)16(5)12(3)10-20-6/h7,9,11-12,15H,8,10H2,1-6H3. The molecule has 0 amide bonds. The highest BCUT2D eigenvalue weighted by Crippen LogP contribution is 2.22. The van der Waals surface area contributed by atoms with Gasteiger partial charge in [-0.3, -0.25) is 0 Å². The maximum absolute atomic E-state index is 12.7. The molecule has 0 saturated carbocycles. The Hall–Kier alpha value is -0.890. The Labute approximate surface area is 128 Å². The van der Waals surface area contributed by atoms with Gasteiger partial charge in [-0.15, -0.1) is 0 Å². The molecule has 0 bridgehead atoms. The van der Waals surface area contributed by atoms with Gasteiger partial charge in [-0.1, -0.05) is 0 Å². The molecular formula is C14H27N3O3S. The molecular weight excluding hydrogens is 290 g/mol. The Bertz CT molecular complexity index is 552. The molecule has 0 saturated heterocycles. The summed E-state index contributed by atoms with van der Waals surface area (Å²) in [5, 5.41) is 3.07. The zero-order valence-electron chi connectivity index (χ0n) is 13.8. The van der Waals surface area contributed by atoms with Gasteiger partial charge in [-0.05, 0) is 33.9 Å². The van der Waals surface area contributed by atoms with Crippen LogP contribution in [0.4, 0.5) is 0 Å². The quantitative estimate of drug-likeness (QED) is 0.788. The fraction of sp³-hybridized carbons (Fsp3) is 0.714. The van der Waals surface area contributed by atoms with Crippen LogP contribution in [0.25, 0.3) is 0 Å². The highest BCUT2D eigenvalue weighted by molar-refractivity contribution is 7.89. The first-order valence-electron chi connectivity index (χ1n) is 7.08. The summed E-state index contributed by atoms with van der Waals surface area (Å²) >= 11 is 0. The molecule has 1 unspecified atom stereocenters. The number of rotatable bonds is 8. The van der Waals surface area contributed by atoms with Crippen LogP contribution in [-0.2, 0) is 21.3 Å². The topological polar surface area (TPSA) is 63.6 Å². The molecule has 21 heavy (non-hydrogen) atoms. The van der Waals surface area contributed by atoms with Gasteiger partial charge in [0.25, 0.3) is 0 Å². The van der Waals surface area contributed by atoms with E-state index in [1.54, 1.807) is 26.4 Å². The molecule has 0 aliphatic rings. The van der Waals surface area contributed by atoms with E-state index in [-0.39, 0.29) is 12.1 Å². The van der Waals surface area contributed by atoms with E-state index >= 15 is 0 Å². The van der Waals surface area contributed by atoms with Crippen LogP contribution in [0.2, 0.25) is 0 Å². The van der Waals surface area contributed by atoms with Crippen molar-refractivity contribution in [1.29, 1.82) is 0 Å². The van der Waals surface area contributed by atoms with Gasteiger partial charge in [-0.25, -0.2) is 8.42 Å². The summed E-state index contributed by atoms with van der Waals surface area (Å²) in [6.45, 7) is 6.89. The third-order valence-electron chi connectivity index (χ3n) is 3.53. The van der Waals surface area contributed by atoms with Crippen molar-refractivity contribution in [2.75, 3.05) is 27.8 Å². The average molecular weight is 317 g/mol. The van der Waals surface area contributed by atoms with Crippen LogP contribution in [0.1, 0.15) is 32.5 Å². The summed E-state index contributed by atoms with van der Waals surface area (Å²) in [7, 11) is 1.49. The molecule has 1 aromatic heterocycles. The molecule has 0 spiro atoms. The van der Waals surface area contributed by atoms with Gasteiger partial charge in [0.1, 0.15) is 4.90 Å². The number of aromatic nitrogens is 1. The van der Waals surface area contributed by atoms with E-state index in [0.717, 1.165) is 5.69 Å². The second-order valence-corrected chi connectivity index (χ2v) is 7.52. The van der Waals surface area contributed by atoms with Gasteiger partial charge in [0.15, 0.2) is 0 Å². The molecule has 1 aromatic rings. The van der Waals surface area contributed by atoms with Crippen molar-refractivity contribution in [2.45, 2.75) is 44.3 Å². The summed E-state index contributed by atoms with van der Waals surface area (Å²) < 4.78 is 33.7. The minimum Gasteiger partial charge on any atom is -0.383 e. The lowest BCUT2D eigenvalue weighted by Crippen LogP contribution is -2.37. The zero-order chi connectivity index (χ0) is 16.2. The Balaban J connectivity index is 3.16. The van der Waals surface area contributed by atoms with Gasteiger partial charge in [0, 0.05) is 44.7 Å². The molecule has 0 fully saturated rings. The third-order valence-corrected chi connectivity index (χ3v) is 5.46. The second-order valence-electron chi connectivity index (χ2n) is 5.52. The summed E-state index contributed by atoms with van der Waals surface area (Å²) in [6, 6.07) is 1.73. The van der Waals surface area contributed by atoms with Crippen LogP contribution in [0.3, 0.4) is 0 Å². The number of nitrogens with zero attached hydrogens (tertiary/aromatic N) is 2. The Morgan fingerprint density at radius 3 is 2.48 bits per heavy atom. The van der Waals surface area contributed by atoms with Crippen molar-refractivity contribution in [3.8, 4) is 0 Å². The smallest absolute Gasteiger partial charge is 0.244 e. The lowest BCUT2D eigenvalue weighted by atomic mass is 10.3. The summed E-state index contributed by atoms with van der Waals surface area (Å²) in [6.07, 6.45) is 1.71. The number of likely N-dealkylation sites (N-methyl/N-ethyl adjacent to an activating group) is 1. The van der Waals surface area contributed by atoms with Crippen molar-refractivity contribution in [3.63, 3.8) is 0 Å². The minimum absolute atomic E-state index is 0.207. The summed E-state index contributed by atoms with van der Waals surface area (Å²) in [5.41, 5.74) is 0.957. The fourth-order valence-corrected chi connectivity index (χ4v) is 3.59. The average Bonchev–Trinajstić information content (AvgIpc) is 2.83. The SMILES string of the molecule is CNCc1cc(S(=O)(=O)N(C)C(C)COC)cn1C(C)C. The first-order chi connectivity index (χ1) is 9.75. The number of sulfonamides is 1. The summed E-state index contributed by atoms with van der Waals surface area (Å²) in [4.78, 5) is 0.326. The highest BCUT2D eigenvalue weighted by Gasteiger charge is 2.27. The first-order valence-corrected chi connectivity index (χ1v) is 8.52. The number of nitrogens with one attached hydrogen (secondary N) is 1. The molecule has 6 nitrogen and oxygen atoms in total. The Morgan fingerprint density at radius 1 is 1.38 bits per heavy atom.